The molecular formula is C14H21N3O. The molecule has 0 saturated carbocycles. The predicted molar refractivity (Wildman–Crippen MR) is 71.3 cm³/mol. The molecule has 4 nitrogen and oxygen atoms in total. The van der Waals surface area contributed by atoms with Crippen LogP contribution in [0, 0.1) is 6.92 Å². The van der Waals surface area contributed by atoms with Crippen LogP contribution in [0.3, 0.4) is 0 Å². The van der Waals surface area contributed by atoms with Crippen molar-refractivity contribution >= 4 is 5.91 Å². The number of pyridine rings is 1. The largest absolute Gasteiger partial charge is 0.335 e. The topological polar surface area (TPSA) is 45.2 Å². The van der Waals surface area contributed by atoms with Gasteiger partial charge in [-0.25, -0.2) is 0 Å². The minimum absolute atomic E-state index is 0.113. The normalized spacial score (nSPS) is 18.7. The number of amides is 1. The molecule has 0 radical (unpaired) electrons. The smallest absolute Gasteiger partial charge is 0.229 e. The zero-order chi connectivity index (χ0) is 13.2. The third kappa shape index (κ3) is 2.70. The van der Waals surface area contributed by atoms with Crippen molar-refractivity contribution < 1.29 is 4.79 Å². The molecule has 0 aromatic carbocycles. The summed E-state index contributed by atoms with van der Waals surface area (Å²) in [6, 6.07) is 3.90. The Kier molecular flexibility index (Phi) is 3.66. The van der Waals surface area contributed by atoms with Gasteiger partial charge in [-0.05, 0) is 32.4 Å². The lowest BCUT2D eigenvalue weighted by molar-refractivity contribution is -0.137. The van der Waals surface area contributed by atoms with Crippen molar-refractivity contribution in [1.29, 1.82) is 0 Å². The van der Waals surface area contributed by atoms with E-state index < -0.39 is 0 Å². The van der Waals surface area contributed by atoms with Gasteiger partial charge in [0.2, 0.25) is 5.91 Å². The molecule has 1 aliphatic heterocycles. The van der Waals surface area contributed by atoms with E-state index in [0.29, 0.717) is 6.42 Å². The molecule has 1 aromatic heterocycles. The number of carbonyl (C=O) groups excluding carboxylic acids is 1. The second kappa shape index (κ2) is 5.06. The summed E-state index contributed by atoms with van der Waals surface area (Å²) in [6.45, 7) is 8.69. The summed E-state index contributed by atoms with van der Waals surface area (Å²) in [4.78, 5) is 18.7. The molecule has 0 unspecified atom stereocenters. The van der Waals surface area contributed by atoms with Crippen molar-refractivity contribution in [1.82, 2.24) is 15.2 Å². The summed E-state index contributed by atoms with van der Waals surface area (Å²) < 4.78 is 0. The Morgan fingerprint density at radius 1 is 1.56 bits per heavy atom. The van der Waals surface area contributed by atoms with Gasteiger partial charge in [-0.15, -0.1) is 0 Å². The number of rotatable bonds is 2. The quantitative estimate of drug-likeness (QED) is 0.852. The highest BCUT2D eigenvalue weighted by Gasteiger charge is 2.33. The summed E-state index contributed by atoms with van der Waals surface area (Å²) in [5.41, 5.74) is 1.86. The average molecular weight is 247 g/mol. The van der Waals surface area contributed by atoms with E-state index >= 15 is 0 Å². The molecule has 0 aliphatic carbocycles. The van der Waals surface area contributed by atoms with Gasteiger partial charge < -0.3 is 10.2 Å². The minimum Gasteiger partial charge on any atom is -0.335 e. The van der Waals surface area contributed by atoms with E-state index in [9.17, 15) is 4.79 Å². The molecule has 98 valence electrons. The van der Waals surface area contributed by atoms with Crippen LogP contribution in [0.5, 0.6) is 0 Å². The molecule has 1 N–H and O–H groups in total. The van der Waals surface area contributed by atoms with Gasteiger partial charge in [0.15, 0.2) is 0 Å². The Hall–Kier alpha value is -1.42. The van der Waals surface area contributed by atoms with Crippen LogP contribution in [-0.2, 0) is 11.2 Å². The highest BCUT2D eigenvalue weighted by molar-refractivity contribution is 5.79. The van der Waals surface area contributed by atoms with Crippen molar-refractivity contribution in [3.8, 4) is 0 Å². The molecule has 1 aliphatic rings. The van der Waals surface area contributed by atoms with Crippen molar-refractivity contribution in [2.75, 3.05) is 19.6 Å². The first-order valence-corrected chi connectivity index (χ1v) is 6.42. The second-order valence-corrected chi connectivity index (χ2v) is 5.48. The van der Waals surface area contributed by atoms with Gasteiger partial charge in [0, 0.05) is 31.4 Å². The summed E-state index contributed by atoms with van der Waals surface area (Å²) >= 11 is 0. The van der Waals surface area contributed by atoms with Gasteiger partial charge in [-0.2, -0.15) is 0 Å². The predicted octanol–water partition coefficient (Wildman–Crippen LogP) is 1.14. The Balaban J connectivity index is 2.10. The first-order valence-electron chi connectivity index (χ1n) is 6.42. The van der Waals surface area contributed by atoms with Crippen molar-refractivity contribution in [3.63, 3.8) is 0 Å². The number of aromatic nitrogens is 1. The van der Waals surface area contributed by atoms with Gasteiger partial charge in [0.05, 0.1) is 12.1 Å². The van der Waals surface area contributed by atoms with Crippen molar-refractivity contribution in [3.05, 3.63) is 29.6 Å². The van der Waals surface area contributed by atoms with Gasteiger partial charge in [-0.1, -0.05) is 6.07 Å². The van der Waals surface area contributed by atoms with Gasteiger partial charge in [0.1, 0.15) is 0 Å². The van der Waals surface area contributed by atoms with Crippen molar-refractivity contribution in [2.45, 2.75) is 32.7 Å². The fourth-order valence-corrected chi connectivity index (χ4v) is 2.39. The number of piperazine rings is 1. The number of nitrogens with zero attached hydrogens (tertiary/aromatic N) is 2. The van der Waals surface area contributed by atoms with E-state index in [1.807, 2.05) is 24.0 Å². The Bertz CT molecular complexity index is 442. The van der Waals surface area contributed by atoms with E-state index in [1.54, 1.807) is 6.20 Å². The van der Waals surface area contributed by atoms with E-state index in [2.05, 4.69) is 24.1 Å². The average Bonchev–Trinajstić information content (AvgIpc) is 2.31. The summed E-state index contributed by atoms with van der Waals surface area (Å²) in [6.07, 6.45) is 2.15. The van der Waals surface area contributed by atoms with E-state index in [4.69, 9.17) is 0 Å². The van der Waals surface area contributed by atoms with Crippen LogP contribution in [0.2, 0.25) is 0 Å². The molecule has 0 atom stereocenters. The molecule has 18 heavy (non-hydrogen) atoms. The zero-order valence-electron chi connectivity index (χ0n) is 11.4. The molecule has 2 heterocycles. The highest BCUT2D eigenvalue weighted by atomic mass is 16.2. The summed E-state index contributed by atoms with van der Waals surface area (Å²) in [7, 11) is 0. The minimum atomic E-state index is -0.113. The molecule has 2 rings (SSSR count). The van der Waals surface area contributed by atoms with E-state index in [1.165, 1.54) is 0 Å². The highest BCUT2D eigenvalue weighted by Crippen LogP contribution is 2.18. The maximum atomic E-state index is 12.4. The maximum Gasteiger partial charge on any atom is 0.229 e. The summed E-state index contributed by atoms with van der Waals surface area (Å²) in [5, 5.41) is 3.33. The molecule has 0 spiro atoms. The van der Waals surface area contributed by atoms with Crippen LogP contribution in [0.1, 0.15) is 25.1 Å². The number of carbonyl (C=O) groups is 1. The first-order chi connectivity index (χ1) is 8.50. The maximum absolute atomic E-state index is 12.4. The van der Waals surface area contributed by atoms with Gasteiger partial charge in [-0.3, -0.25) is 9.78 Å². The fourth-order valence-electron chi connectivity index (χ4n) is 2.39. The lowest BCUT2D eigenvalue weighted by Gasteiger charge is -2.43. The van der Waals surface area contributed by atoms with E-state index in [-0.39, 0.29) is 11.4 Å². The molecule has 0 bridgehead atoms. The summed E-state index contributed by atoms with van der Waals surface area (Å²) in [5.74, 6) is 0.170. The Labute approximate surface area is 108 Å². The monoisotopic (exact) mass is 247 g/mol. The number of nitrogens with one attached hydrogen (secondary N) is 1. The third-order valence-corrected chi connectivity index (χ3v) is 3.54. The Morgan fingerprint density at radius 2 is 2.33 bits per heavy atom. The molecule has 1 fully saturated rings. The zero-order valence-corrected chi connectivity index (χ0v) is 11.4. The first kappa shape index (κ1) is 13.0. The van der Waals surface area contributed by atoms with Crippen molar-refractivity contribution in [2.24, 2.45) is 0 Å². The third-order valence-electron chi connectivity index (χ3n) is 3.54. The number of hydrogen-bond acceptors (Lipinski definition) is 3. The number of hydrogen-bond donors (Lipinski definition) is 1. The van der Waals surface area contributed by atoms with Crippen LogP contribution >= 0.6 is 0 Å². The van der Waals surface area contributed by atoms with E-state index in [0.717, 1.165) is 30.9 Å². The van der Waals surface area contributed by atoms with Crippen LogP contribution in [0.25, 0.3) is 0 Å². The fraction of sp³-hybridized carbons (Fsp3) is 0.571. The van der Waals surface area contributed by atoms with Crippen LogP contribution in [-0.4, -0.2) is 41.0 Å². The standard InChI is InChI=1S/C14H21N3O/c1-11-5-4-6-16-12(11)9-13(18)17-8-7-15-10-14(17,2)3/h4-6,15H,7-10H2,1-3H3. The molecular weight excluding hydrogens is 226 g/mol. The lowest BCUT2D eigenvalue weighted by Crippen LogP contribution is -2.60. The van der Waals surface area contributed by atoms with Crippen LogP contribution in [0.15, 0.2) is 18.3 Å². The van der Waals surface area contributed by atoms with Crippen LogP contribution < -0.4 is 5.32 Å². The van der Waals surface area contributed by atoms with Crippen LogP contribution in [0.4, 0.5) is 0 Å². The second-order valence-electron chi connectivity index (χ2n) is 5.48. The Morgan fingerprint density at radius 3 is 3.00 bits per heavy atom. The molecule has 1 aromatic rings. The number of aryl methyl sites for hydroxylation is 1. The SMILES string of the molecule is Cc1cccnc1CC(=O)N1CCNCC1(C)C. The lowest BCUT2D eigenvalue weighted by atomic mass is 9.99. The van der Waals surface area contributed by atoms with Gasteiger partial charge in [0.25, 0.3) is 0 Å². The molecule has 4 heteroatoms. The molecule has 1 amide bonds. The van der Waals surface area contributed by atoms with Gasteiger partial charge >= 0.3 is 0 Å². The molecule has 1 saturated heterocycles.